The Morgan fingerprint density at radius 3 is 2.41 bits per heavy atom. The van der Waals surface area contributed by atoms with Crippen LogP contribution in [0.15, 0.2) is 12.2 Å². The first-order valence-corrected chi connectivity index (χ1v) is 8.55. The number of nitrogens with one attached hydrogen (secondary N) is 2. The highest BCUT2D eigenvalue weighted by molar-refractivity contribution is 5.74. The molecule has 1 unspecified atom stereocenters. The number of urea groups is 1. The number of amides is 2. The SMILES string of the molecule is C=C(C)CN1CCC(NC(=O)NCC(O)C(CC)CC)CC1. The highest BCUT2D eigenvalue weighted by Crippen LogP contribution is 2.13. The summed E-state index contributed by atoms with van der Waals surface area (Å²) < 4.78 is 0. The highest BCUT2D eigenvalue weighted by atomic mass is 16.3. The third-order valence-electron chi connectivity index (χ3n) is 4.48. The van der Waals surface area contributed by atoms with Crippen molar-refractivity contribution in [1.82, 2.24) is 15.5 Å². The Labute approximate surface area is 135 Å². The molecular weight excluding hydrogens is 278 g/mol. The van der Waals surface area contributed by atoms with Gasteiger partial charge >= 0.3 is 6.03 Å². The molecular formula is C17H33N3O2. The van der Waals surface area contributed by atoms with Gasteiger partial charge in [0.15, 0.2) is 0 Å². The van der Waals surface area contributed by atoms with E-state index in [1.54, 1.807) is 0 Å². The van der Waals surface area contributed by atoms with Gasteiger partial charge in [-0.15, -0.1) is 0 Å². The molecule has 1 aliphatic rings. The Morgan fingerprint density at radius 2 is 1.91 bits per heavy atom. The average molecular weight is 311 g/mol. The molecule has 2 amide bonds. The lowest BCUT2D eigenvalue weighted by Gasteiger charge is -2.32. The number of aliphatic hydroxyl groups is 1. The largest absolute Gasteiger partial charge is 0.391 e. The van der Waals surface area contributed by atoms with Gasteiger partial charge in [-0.1, -0.05) is 38.8 Å². The number of likely N-dealkylation sites (tertiary alicyclic amines) is 1. The summed E-state index contributed by atoms with van der Waals surface area (Å²) in [6.07, 6.45) is 3.34. The first kappa shape index (κ1) is 19.0. The van der Waals surface area contributed by atoms with Gasteiger partial charge in [0.25, 0.3) is 0 Å². The van der Waals surface area contributed by atoms with Crippen molar-refractivity contribution in [3.63, 3.8) is 0 Å². The molecule has 0 aromatic heterocycles. The van der Waals surface area contributed by atoms with Gasteiger partial charge in [-0.25, -0.2) is 4.79 Å². The van der Waals surface area contributed by atoms with Crippen molar-refractivity contribution >= 4 is 6.03 Å². The molecule has 0 bridgehead atoms. The summed E-state index contributed by atoms with van der Waals surface area (Å²) in [6, 6.07) is 0.0648. The quantitative estimate of drug-likeness (QED) is 0.602. The smallest absolute Gasteiger partial charge is 0.315 e. The van der Waals surface area contributed by atoms with Gasteiger partial charge in [-0.2, -0.15) is 0 Å². The van der Waals surface area contributed by atoms with E-state index in [0.29, 0.717) is 6.54 Å². The lowest BCUT2D eigenvalue weighted by atomic mass is 9.97. The number of hydrogen-bond acceptors (Lipinski definition) is 3. The maximum atomic E-state index is 11.9. The van der Waals surface area contributed by atoms with Crippen molar-refractivity contribution in [1.29, 1.82) is 0 Å². The number of aliphatic hydroxyl groups excluding tert-OH is 1. The highest BCUT2D eigenvalue weighted by Gasteiger charge is 2.21. The topological polar surface area (TPSA) is 64.6 Å². The van der Waals surface area contributed by atoms with Gasteiger partial charge in [0.05, 0.1) is 6.10 Å². The third-order valence-corrected chi connectivity index (χ3v) is 4.48. The monoisotopic (exact) mass is 311 g/mol. The Bertz CT molecular complexity index is 348. The van der Waals surface area contributed by atoms with E-state index in [1.807, 2.05) is 6.92 Å². The van der Waals surface area contributed by atoms with Crippen molar-refractivity contribution in [3.8, 4) is 0 Å². The number of hydrogen-bond donors (Lipinski definition) is 3. The van der Waals surface area contributed by atoms with E-state index in [1.165, 1.54) is 5.57 Å². The van der Waals surface area contributed by atoms with Crippen LogP contribution < -0.4 is 10.6 Å². The number of piperidine rings is 1. The predicted molar refractivity (Wildman–Crippen MR) is 90.9 cm³/mol. The zero-order chi connectivity index (χ0) is 16.5. The maximum absolute atomic E-state index is 11.9. The molecule has 1 heterocycles. The molecule has 1 saturated heterocycles. The number of carbonyl (C=O) groups excluding carboxylic acids is 1. The number of carbonyl (C=O) groups is 1. The molecule has 3 N–H and O–H groups in total. The summed E-state index contributed by atoms with van der Waals surface area (Å²) in [4.78, 5) is 14.3. The number of rotatable bonds is 8. The first-order chi connectivity index (χ1) is 10.5. The first-order valence-electron chi connectivity index (χ1n) is 8.55. The Hall–Kier alpha value is -1.07. The van der Waals surface area contributed by atoms with E-state index >= 15 is 0 Å². The minimum atomic E-state index is -0.460. The lowest BCUT2D eigenvalue weighted by Crippen LogP contribution is -2.49. The molecule has 5 heteroatoms. The second kappa shape index (κ2) is 9.85. The molecule has 0 saturated carbocycles. The Morgan fingerprint density at radius 1 is 1.32 bits per heavy atom. The zero-order valence-corrected chi connectivity index (χ0v) is 14.4. The van der Waals surface area contributed by atoms with E-state index in [0.717, 1.165) is 45.3 Å². The fourth-order valence-corrected chi connectivity index (χ4v) is 3.05. The van der Waals surface area contributed by atoms with Crippen LogP contribution in [0.25, 0.3) is 0 Å². The molecule has 0 aromatic rings. The van der Waals surface area contributed by atoms with E-state index in [2.05, 4.69) is 36.0 Å². The van der Waals surface area contributed by atoms with E-state index in [-0.39, 0.29) is 18.0 Å². The number of nitrogens with zero attached hydrogens (tertiary/aromatic N) is 1. The van der Waals surface area contributed by atoms with Crippen molar-refractivity contribution in [2.24, 2.45) is 5.92 Å². The molecule has 1 rings (SSSR count). The third kappa shape index (κ3) is 6.79. The van der Waals surface area contributed by atoms with Crippen LogP contribution in [-0.4, -0.2) is 54.4 Å². The minimum absolute atomic E-state index is 0.164. The van der Waals surface area contributed by atoms with E-state index in [9.17, 15) is 9.90 Å². The molecule has 5 nitrogen and oxygen atoms in total. The Balaban J connectivity index is 2.22. The molecule has 128 valence electrons. The van der Waals surface area contributed by atoms with Gasteiger partial charge < -0.3 is 15.7 Å². The normalized spacial score (nSPS) is 18.2. The molecule has 22 heavy (non-hydrogen) atoms. The Kier molecular flexibility index (Phi) is 8.49. The average Bonchev–Trinajstić information content (AvgIpc) is 2.48. The van der Waals surface area contributed by atoms with Crippen LogP contribution in [0.5, 0.6) is 0 Å². The molecule has 1 atom stereocenters. The maximum Gasteiger partial charge on any atom is 0.315 e. The molecule has 0 spiro atoms. The van der Waals surface area contributed by atoms with Crippen molar-refractivity contribution in [2.45, 2.75) is 58.6 Å². The summed E-state index contributed by atoms with van der Waals surface area (Å²) in [7, 11) is 0. The molecule has 0 radical (unpaired) electrons. The lowest BCUT2D eigenvalue weighted by molar-refractivity contribution is 0.103. The van der Waals surface area contributed by atoms with Crippen LogP contribution in [0, 0.1) is 5.92 Å². The van der Waals surface area contributed by atoms with Gasteiger partial charge in [-0.05, 0) is 25.7 Å². The standard InChI is InChI=1S/C17H33N3O2/c1-5-14(6-2)16(21)11-18-17(22)19-15-7-9-20(10-8-15)12-13(3)4/h14-16,21H,3,5-12H2,1-2,4H3,(H2,18,19,22). The van der Waals surface area contributed by atoms with Crippen LogP contribution in [0.4, 0.5) is 4.79 Å². The van der Waals surface area contributed by atoms with Crippen LogP contribution in [0.1, 0.15) is 46.5 Å². The van der Waals surface area contributed by atoms with Gasteiger partial charge in [-0.3, -0.25) is 4.90 Å². The van der Waals surface area contributed by atoms with Gasteiger partial charge in [0.1, 0.15) is 0 Å². The summed E-state index contributed by atoms with van der Waals surface area (Å²) in [5.74, 6) is 0.255. The molecule has 0 aromatic carbocycles. The van der Waals surface area contributed by atoms with Crippen LogP contribution in [0.3, 0.4) is 0 Å². The summed E-state index contributed by atoms with van der Waals surface area (Å²) in [5, 5.41) is 15.8. The fraction of sp³-hybridized carbons (Fsp3) is 0.824. The van der Waals surface area contributed by atoms with Crippen LogP contribution in [0.2, 0.25) is 0 Å². The fourth-order valence-electron chi connectivity index (χ4n) is 3.05. The second-order valence-electron chi connectivity index (χ2n) is 6.51. The molecule has 1 fully saturated rings. The summed E-state index contributed by atoms with van der Waals surface area (Å²) in [5.41, 5.74) is 1.18. The molecule has 0 aliphatic carbocycles. The van der Waals surface area contributed by atoms with Gasteiger partial charge in [0.2, 0.25) is 0 Å². The van der Waals surface area contributed by atoms with Crippen molar-refractivity contribution in [3.05, 3.63) is 12.2 Å². The van der Waals surface area contributed by atoms with E-state index < -0.39 is 6.10 Å². The second-order valence-corrected chi connectivity index (χ2v) is 6.51. The predicted octanol–water partition coefficient (Wildman–Crippen LogP) is 2.12. The van der Waals surface area contributed by atoms with Crippen LogP contribution in [-0.2, 0) is 0 Å². The summed E-state index contributed by atoms with van der Waals surface area (Å²) in [6.45, 7) is 13.4. The van der Waals surface area contributed by atoms with Crippen molar-refractivity contribution < 1.29 is 9.90 Å². The van der Waals surface area contributed by atoms with Gasteiger partial charge in [0, 0.05) is 32.2 Å². The minimum Gasteiger partial charge on any atom is -0.391 e. The van der Waals surface area contributed by atoms with Crippen LogP contribution >= 0.6 is 0 Å². The van der Waals surface area contributed by atoms with Crippen molar-refractivity contribution in [2.75, 3.05) is 26.2 Å². The summed E-state index contributed by atoms with van der Waals surface area (Å²) >= 11 is 0. The molecule has 1 aliphatic heterocycles. The zero-order valence-electron chi connectivity index (χ0n) is 14.4. The van der Waals surface area contributed by atoms with E-state index in [4.69, 9.17) is 0 Å².